The Morgan fingerprint density at radius 2 is 1.34 bits per heavy atom. The van der Waals surface area contributed by atoms with Gasteiger partial charge in [-0.1, -0.05) is 58.4 Å². The molecule has 4 bridgehead atoms. The van der Waals surface area contributed by atoms with Crippen LogP contribution in [0.2, 0.25) is 0 Å². The molecular weight excluding hydrogens is 1600 g/mol. The molecule has 4 heterocycles. The number of hydrogen-bond acceptors (Lipinski definition) is 27. The average Bonchev–Trinajstić information content (AvgIpc) is 1.77. The highest BCUT2D eigenvalue weighted by Gasteiger charge is 2.44. The van der Waals surface area contributed by atoms with Crippen molar-refractivity contribution in [3.8, 4) is 0 Å². The number of aromatic nitrogens is 1. The number of benzene rings is 1. The zero-order valence-corrected chi connectivity index (χ0v) is 73.0. The van der Waals surface area contributed by atoms with Gasteiger partial charge in [0.2, 0.25) is 53.2 Å². The number of carbonyl (C=O) groups is 17. The molecule has 3 aliphatic heterocycles. The standard InChI is InChI=1S/C82H123N11O23S3/c1-12-52(4)60(44-68(99)82(6,7)89(9)10)78(109)90(11)63(51(2)3)45-65(116-81(112)83-8)77-88-62(48-117-77)76(108)86-57(39-53(5)115-49-95)40-54-19-21-55(22-20-54)41-64(98)61(18-13-15-28-84-70(101)27-36-113-35-16-14-17-58(96)43-74(105)106)87-75(107)56(23-25-69(100)85-29-37-114-38-34-94)42-59(97)24-26-71(102)91-30-32-92-72(103)46-66(79(92)110)118-50-119-67-47-73(104)93(33-31-91)80(67)111/h19-22,48-49,51-53,56-57,60-61,63,65-67,94H,12-18,23-47,50H2,1-11H3,(H,83,112)(H,84,101)(H,85,100)(H,86,108)(H,87,107)(H,105,106)/t52-,53?,56?,57+,60-,61?,63+,65+,66?,67?/m0/s1. The second-order valence-corrected chi connectivity index (χ2v) is 35.0. The zero-order valence-electron chi connectivity index (χ0n) is 70.5. The molecule has 3 fully saturated rings. The van der Waals surface area contributed by atoms with E-state index in [1.165, 1.54) is 40.9 Å². The predicted octanol–water partition coefficient (Wildman–Crippen LogP) is 4.95. The van der Waals surface area contributed by atoms with Crippen molar-refractivity contribution >= 4 is 136 Å². The molecule has 119 heavy (non-hydrogen) atoms. The first-order chi connectivity index (χ1) is 56.5. The van der Waals surface area contributed by atoms with Crippen molar-refractivity contribution in [2.45, 2.75) is 230 Å². The fourth-order valence-electron chi connectivity index (χ4n) is 13.8. The van der Waals surface area contributed by atoms with Gasteiger partial charge in [-0.25, -0.2) is 9.78 Å². The maximum absolute atomic E-state index is 14.8. The summed E-state index contributed by atoms with van der Waals surface area (Å²) < 4.78 is 22.0. The second kappa shape index (κ2) is 51.9. The summed E-state index contributed by atoms with van der Waals surface area (Å²) in [6, 6.07) is 4.45. The number of unbranched alkanes of at least 4 members (excludes halogenated alkanes) is 2. The molecule has 10 atom stereocenters. The van der Waals surface area contributed by atoms with Crippen molar-refractivity contribution in [2.75, 3.05) is 106 Å². The van der Waals surface area contributed by atoms with Crippen LogP contribution in [0.1, 0.15) is 203 Å². The molecule has 662 valence electrons. The number of amides is 11. The summed E-state index contributed by atoms with van der Waals surface area (Å²) >= 11 is 3.49. The molecule has 37 heteroatoms. The van der Waals surface area contributed by atoms with E-state index < -0.39 is 161 Å². The molecule has 1 aromatic heterocycles. The second-order valence-electron chi connectivity index (χ2n) is 31.4. The van der Waals surface area contributed by atoms with E-state index in [1.54, 1.807) is 43.1 Å². The lowest BCUT2D eigenvalue weighted by Gasteiger charge is -2.38. The van der Waals surface area contributed by atoms with Gasteiger partial charge in [0, 0.05) is 171 Å². The van der Waals surface area contributed by atoms with Crippen LogP contribution in [-0.2, 0) is 104 Å². The molecule has 0 saturated carbocycles. The Hall–Kier alpha value is -8.62. The van der Waals surface area contributed by atoms with Crippen molar-refractivity contribution < 1.29 is 111 Å². The number of thioether (sulfide) groups is 2. The van der Waals surface area contributed by atoms with Gasteiger partial charge >= 0.3 is 12.1 Å². The first-order valence-electron chi connectivity index (χ1n) is 40.9. The number of alkyl carbamates (subject to hydrolysis) is 1. The van der Waals surface area contributed by atoms with Crippen molar-refractivity contribution in [3.63, 3.8) is 0 Å². The number of carboxylic acid groups (broad SMARTS) is 1. The van der Waals surface area contributed by atoms with Gasteiger partial charge in [0.1, 0.15) is 34.8 Å². The Kier molecular flexibility index (Phi) is 44.0. The predicted molar refractivity (Wildman–Crippen MR) is 443 cm³/mol. The van der Waals surface area contributed by atoms with Crippen LogP contribution in [0.25, 0.3) is 0 Å². The Balaban J connectivity index is 1.36. The van der Waals surface area contributed by atoms with Crippen molar-refractivity contribution in [1.29, 1.82) is 0 Å². The monoisotopic (exact) mass is 1730 g/mol. The first kappa shape index (κ1) is 101. The van der Waals surface area contributed by atoms with E-state index in [4.69, 9.17) is 29.2 Å². The van der Waals surface area contributed by atoms with E-state index in [0.717, 1.165) is 21.1 Å². The molecule has 5 rings (SSSR count). The number of aliphatic carboxylic acids is 1. The van der Waals surface area contributed by atoms with Crippen LogP contribution in [0.3, 0.4) is 0 Å². The van der Waals surface area contributed by atoms with Gasteiger partial charge in [-0.2, -0.15) is 0 Å². The topological polar surface area (TPSA) is 457 Å². The molecule has 1 aromatic carbocycles. The van der Waals surface area contributed by atoms with Gasteiger partial charge in [-0.3, -0.25) is 91.4 Å². The summed E-state index contributed by atoms with van der Waals surface area (Å²) in [6.07, 6.45) is -2.53. The summed E-state index contributed by atoms with van der Waals surface area (Å²) in [7, 11) is 6.70. The third kappa shape index (κ3) is 34.1. The zero-order chi connectivity index (χ0) is 88.1. The van der Waals surface area contributed by atoms with E-state index in [0.29, 0.717) is 48.4 Å². The third-order valence-corrected chi connectivity index (χ3v) is 25.3. The summed E-state index contributed by atoms with van der Waals surface area (Å²) in [5.41, 5.74) is 0.341. The molecule has 2 aromatic rings. The number of nitrogens with one attached hydrogen (secondary N) is 5. The minimum absolute atomic E-state index is 0.00514. The quantitative estimate of drug-likeness (QED) is 0.0199. The fraction of sp³-hybridized carbons (Fsp3) is 0.683. The molecule has 0 aliphatic carbocycles. The first-order valence-corrected chi connectivity index (χ1v) is 43.9. The summed E-state index contributed by atoms with van der Waals surface area (Å²) in [5.74, 6) is -9.66. The molecular formula is C82H123N11O23S3. The summed E-state index contributed by atoms with van der Waals surface area (Å²) in [6.45, 7) is 13.1. The van der Waals surface area contributed by atoms with E-state index in [-0.39, 0.29) is 196 Å². The number of likely N-dealkylation sites (N-methyl/N-ethyl adjacent to an activating group) is 1. The molecule has 0 spiro atoms. The number of aliphatic hydroxyl groups excluding tert-OH is 1. The van der Waals surface area contributed by atoms with Gasteiger partial charge in [0.15, 0.2) is 17.7 Å². The highest BCUT2D eigenvalue weighted by Crippen LogP contribution is 2.36. The van der Waals surface area contributed by atoms with E-state index in [1.807, 2.05) is 60.5 Å². The van der Waals surface area contributed by atoms with Crippen LogP contribution >= 0.6 is 34.9 Å². The Morgan fingerprint density at radius 3 is 1.95 bits per heavy atom. The molecule has 3 saturated heterocycles. The molecule has 5 unspecified atom stereocenters. The van der Waals surface area contributed by atoms with Crippen molar-refractivity contribution in [3.05, 3.63) is 51.5 Å². The lowest BCUT2D eigenvalue weighted by molar-refractivity contribution is -0.144. The number of thiazole rings is 1. The average molecular weight is 1730 g/mol. The number of ketones is 4. The number of hydrogen-bond donors (Lipinski definition) is 7. The van der Waals surface area contributed by atoms with Gasteiger partial charge in [-0.15, -0.1) is 34.9 Å². The third-order valence-electron chi connectivity index (χ3n) is 21.8. The number of carboxylic acids is 1. The normalized spacial score (nSPS) is 17.2. The number of nitrogens with zero attached hydrogens (tertiary/aromatic N) is 6. The van der Waals surface area contributed by atoms with E-state index >= 15 is 0 Å². The lowest BCUT2D eigenvalue weighted by atomic mass is 9.81. The van der Waals surface area contributed by atoms with Crippen LogP contribution in [0.5, 0.6) is 0 Å². The van der Waals surface area contributed by atoms with Crippen LogP contribution in [0.15, 0.2) is 29.6 Å². The largest absolute Gasteiger partial charge is 0.481 e. The van der Waals surface area contributed by atoms with Gasteiger partial charge < -0.3 is 65.5 Å². The molecule has 11 amide bonds. The van der Waals surface area contributed by atoms with Gasteiger partial charge in [0.05, 0.1) is 48.5 Å². The SMILES string of the molecule is CC[C@H](C)[C@H](CC(=O)C(C)(C)N(C)C)C(=O)N(C)[C@H](C[C@@H](OC(=O)NC)c1nc(C(=O)N[C@@H](Cc2ccc(CC(=O)C(CCCCNC(=O)CCOCCCCC(=O)CC(=O)O)NC(=O)C(CCC(=O)NCCOCCO)CC(=O)CCC(=O)N3CCN4C(=O)CC(SCSC5CC(=O)N(CC3)C5=O)C4=O)cc2)CC(C)OC=O)cs1)C(C)C. The Bertz CT molecular complexity index is 3740. The van der Waals surface area contributed by atoms with Crippen LogP contribution in [-0.4, -0.2) is 286 Å². The number of aliphatic hydroxyl groups is 1. The van der Waals surface area contributed by atoms with Gasteiger partial charge in [0.25, 0.3) is 12.4 Å². The molecule has 0 radical (unpaired) electrons. The van der Waals surface area contributed by atoms with Crippen LogP contribution in [0, 0.1) is 23.7 Å². The van der Waals surface area contributed by atoms with Crippen LogP contribution < -0.4 is 26.6 Å². The number of imide groups is 2. The van der Waals surface area contributed by atoms with Crippen LogP contribution in [0.4, 0.5) is 4.79 Å². The lowest BCUT2D eigenvalue weighted by Crippen LogP contribution is -2.50. The maximum atomic E-state index is 14.8. The van der Waals surface area contributed by atoms with Crippen molar-refractivity contribution in [1.82, 2.24) is 56.1 Å². The molecule has 34 nitrogen and oxygen atoms in total. The number of carbonyl (C=O) groups excluding carboxylic acids is 16. The molecule has 7 N–H and O–H groups in total. The minimum atomic E-state index is -1.24. The molecule has 3 aliphatic rings. The van der Waals surface area contributed by atoms with Crippen molar-refractivity contribution in [2.24, 2.45) is 23.7 Å². The van der Waals surface area contributed by atoms with E-state index in [2.05, 4.69) is 31.6 Å². The smallest absolute Gasteiger partial charge is 0.407 e. The fourth-order valence-corrected chi connectivity index (χ4v) is 17.3. The Labute approximate surface area is 709 Å². The number of fused-ring (bicyclic) bond motifs is 4. The van der Waals surface area contributed by atoms with Gasteiger partial charge in [-0.05, 0) is 103 Å². The summed E-state index contributed by atoms with van der Waals surface area (Å²) in [5, 5.41) is 32.5. The number of ether oxygens (including phenoxy) is 4. The number of rotatable bonds is 54. The Morgan fingerprint density at radius 1 is 0.714 bits per heavy atom. The maximum Gasteiger partial charge on any atom is 0.407 e. The summed E-state index contributed by atoms with van der Waals surface area (Å²) in [4.78, 5) is 238. The number of Topliss-reactive ketones (excluding diaryl/α,β-unsaturated/α-hetero) is 4. The highest BCUT2D eigenvalue weighted by molar-refractivity contribution is 8.17. The highest BCUT2D eigenvalue weighted by atomic mass is 32.2. The minimum Gasteiger partial charge on any atom is -0.481 e. The van der Waals surface area contributed by atoms with E-state index in [9.17, 15) is 81.5 Å².